The molecule has 3 amide bonds. The second kappa shape index (κ2) is 6.40. The van der Waals surface area contributed by atoms with Crippen LogP contribution >= 0.6 is 0 Å². The number of hydrogen-bond acceptors (Lipinski definition) is 3. The van der Waals surface area contributed by atoms with Gasteiger partial charge in [-0.2, -0.15) is 0 Å². The highest BCUT2D eigenvalue weighted by Gasteiger charge is 2.31. The summed E-state index contributed by atoms with van der Waals surface area (Å²) in [4.78, 5) is 33.9. The third kappa shape index (κ3) is 5.15. The molecule has 0 bridgehead atoms. The van der Waals surface area contributed by atoms with E-state index in [9.17, 15) is 14.4 Å². The first-order valence-corrected chi connectivity index (χ1v) is 6.40. The molecule has 0 aromatic carbocycles. The van der Waals surface area contributed by atoms with Crippen LogP contribution in [0, 0.1) is 11.8 Å². The molecule has 0 spiro atoms. The average molecular weight is 271 g/mol. The quantitative estimate of drug-likeness (QED) is 0.522. The summed E-state index contributed by atoms with van der Waals surface area (Å²) in [5.41, 5.74) is 5.17. The Balaban J connectivity index is 2.50. The van der Waals surface area contributed by atoms with Gasteiger partial charge in [0.1, 0.15) is 12.1 Å². The van der Waals surface area contributed by atoms with Crippen LogP contribution in [0.5, 0.6) is 0 Å². The number of hydrogen-bond donors (Lipinski definition) is 4. The van der Waals surface area contributed by atoms with E-state index >= 15 is 0 Å². The van der Waals surface area contributed by atoms with Gasteiger partial charge in [-0.1, -0.05) is 26.7 Å². The summed E-state index contributed by atoms with van der Waals surface area (Å²) in [5, 5.41) is 13.8. The number of carboxylic acids is 1. The van der Waals surface area contributed by atoms with Crippen molar-refractivity contribution in [1.29, 1.82) is 0 Å². The molecule has 0 aliphatic heterocycles. The number of carbonyl (C=O) groups is 3. The molecule has 0 aromatic rings. The van der Waals surface area contributed by atoms with Crippen molar-refractivity contribution in [2.45, 2.75) is 45.2 Å². The SMILES string of the molecule is CC(C)C(NC(=O)N[C@@H](CC1CC1)C(=O)O)C(N)=O. The smallest absolute Gasteiger partial charge is 0.326 e. The lowest BCUT2D eigenvalue weighted by molar-refractivity contribution is -0.139. The second-order valence-electron chi connectivity index (χ2n) is 5.31. The summed E-state index contributed by atoms with van der Waals surface area (Å²) in [6, 6.07) is -2.41. The molecule has 7 heteroatoms. The van der Waals surface area contributed by atoms with Crippen LogP contribution in [0.25, 0.3) is 0 Å². The number of nitrogens with one attached hydrogen (secondary N) is 2. The van der Waals surface area contributed by atoms with Crippen molar-refractivity contribution < 1.29 is 19.5 Å². The Labute approximate surface area is 111 Å². The number of carboxylic acid groups (broad SMARTS) is 1. The number of nitrogens with two attached hydrogens (primary N) is 1. The zero-order valence-electron chi connectivity index (χ0n) is 11.2. The summed E-state index contributed by atoms with van der Waals surface area (Å²) in [6.07, 6.45) is 2.43. The molecule has 0 heterocycles. The Morgan fingerprint density at radius 2 is 1.84 bits per heavy atom. The van der Waals surface area contributed by atoms with Gasteiger partial charge >= 0.3 is 12.0 Å². The molecule has 1 saturated carbocycles. The summed E-state index contributed by atoms with van der Waals surface area (Å²) in [6.45, 7) is 3.49. The van der Waals surface area contributed by atoms with Gasteiger partial charge in [-0.05, 0) is 18.3 Å². The van der Waals surface area contributed by atoms with Crippen molar-refractivity contribution in [2.75, 3.05) is 0 Å². The van der Waals surface area contributed by atoms with E-state index < -0.39 is 30.0 Å². The first kappa shape index (κ1) is 15.3. The Morgan fingerprint density at radius 1 is 1.26 bits per heavy atom. The number of amides is 3. The lowest BCUT2D eigenvalue weighted by Crippen LogP contribution is -2.54. The van der Waals surface area contributed by atoms with Crippen LogP contribution in [0.1, 0.15) is 33.1 Å². The standard InChI is InChI=1S/C12H21N3O4/c1-6(2)9(10(13)16)15-12(19)14-8(11(17)18)5-7-3-4-7/h6-9H,3-5H2,1-2H3,(H2,13,16)(H,17,18)(H2,14,15,19)/t8-,9?/m0/s1. The zero-order chi connectivity index (χ0) is 14.6. The van der Waals surface area contributed by atoms with Crippen molar-refractivity contribution >= 4 is 17.9 Å². The van der Waals surface area contributed by atoms with E-state index in [2.05, 4.69) is 10.6 Å². The Kier molecular flexibility index (Phi) is 5.14. The molecule has 1 rings (SSSR count). The van der Waals surface area contributed by atoms with Crippen molar-refractivity contribution in [3.8, 4) is 0 Å². The maximum Gasteiger partial charge on any atom is 0.326 e. The number of primary amides is 1. The van der Waals surface area contributed by atoms with Crippen molar-refractivity contribution in [3.63, 3.8) is 0 Å². The topological polar surface area (TPSA) is 122 Å². The minimum Gasteiger partial charge on any atom is -0.480 e. The number of carbonyl (C=O) groups excluding carboxylic acids is 2. The lowest BCUT2D eigenvalue weighted by Gasteiger charge is -2.21. The molecule has 19 heavy (non-hydrogen) atoms. The van der Waals surface area contributed by atoms with Crippen LogP contribution in [0.4, 0.5) is 4.79 Å². The molecule has 1 aliphatic rings. The summed E-state index contributed by atoms with van der Waals surface area (Å²) in [5.74, 6) is -1.49. The monoisotopic (exact) mass is 271 g/mol. The van der Waals surface area contributed by atoms with Gasteiger partial charge < -0.3 is 21.5 Å². The van der Waals surface area contributed by atoms with Crippen LogP contribution in [-0.4, -0.2) is 35.1 Å². The van der Waals surface area contributed by atoms with Crippen molar-refractivity contribution in [1.82, 2.24) is 10.6 Å². The van der Waals surface area contributed by atoms with Gasteiger partial charge in [0.15, 0.2) is 0 Å². The van der Waals surface area contributed by atoms with Gasteiger partial charge in [0.05, 0.1) is 0 Å². The van der Waals surface area contributed by atoms with Gasteiger partial charge in [0.2, 0.25) is 5.91 Å². The Morgan fingerprint density at radius 3 is 2.21 bits per heavy atom. The van der Waals surface area contributed by atoms with Crippen LogP contribution in [0.2, 0.25) is 0 Å². The molecule has 1 aliphatic carbocycles. The molecule has 108 valence electrons. The zero-order valence-corrected chi connectivity index (χ0v) is 11.2. The van der Waals surface area contributed by atoms with E-state index in [4.69, 9.17) is 10.8 Å². The highest BCUT2D eigenvalue weighted by Crippen LogP contribution is 2.33. The summed E-state index contributed by atoms with van der Waals surface area (Å²) in [7, 11) is 0. The predicted molar refractivity (Wildman–Crippen MR) is 68.3 cm³/mol. The summed E-state index contributed by atoms with van der Waals surface area (Å²) >= 11 is 0. The first-order valence-electron chi connectivity index (χ1n) is 6.40. The van der Waals surface area contributed by atoms with E-state index in [1.807, 2.05) is 0 Å². The van der Waals surface area contributed by atoms with Gasteiger partial charge in [0.25, 0.3) is 0 Å². The predicted octanol–water partition coefficient (Wildman–Crippen LogP) is 0.0488. The molecular formula is C12H21N3O4. The van der Waals surface area contributed by atoms with E-state index in [1.54, 1.807) is 13.8 Å². The molecule has 1 fully saturated rings. The third-order valence-electron chi connectivity index (χ3n) is 3.13. The van der Waals surface area contributed by atoms with E-state index in [0.717, 1.165) is 12.8 Å². The first-order chi connectivity index (χ1) is 8.81. The third-order valence-corrected chi connectivity index (χ3v) is 3.13. The van der Waals surface area contributed by atoms with Crippen LogP contribution in [0.15, 0.2) is 0 Å². The number of rotatable bonds is 7. The molecule has 0 aromatic heterocycles. The van der Waals surface area contributed by atoms with E-state index in [-0.39, 0.29) is 5.92 Å². The summed E-state index contributed by atoms with van der Waals surface area (Å²) < 4.78 is 0. The maximum atomic E-state index is 11.7. The molecule has 2 atom stereocenters. The molecule has 5 N–H and O–H groups in total. The molecule has 7 nitrogen and oxygen atoms in total. The fourth-order valence-corrected chi connectivity index (χ4v) is 1.82. The Hall–Kier alpha value is -1.79. The number of aliphatic carboxylic acids is 1. The minimum absolute atomic E-state index is 0.157. The second-order valence-corrected chi connectivity index (χ2v) is 5.31. The van der Waals surface area contributed by atoms with Gasteiger partial charge in [-0.25, -0.2) is 9.59 Å². The highest BCUT2D eigenvalue weighted by atomic mass is 16.4. The van der Waals surface area contributed by atoms with Crippen LogP contribution in [-0.2, 0) is 9.59 Å². The van der Waals surface area contributed by atoms with Crippen LogP contribution < -0.4 is 16.4 Å². The molecule has 0 saturated heterocycles. The van der Waals surface area contributed by atoms with Crippen molar-refractivity contribution in [3.05, 3.63) is 0 Å². The van der Waals surface area contributed by atoms with Crippen molar-refractivity contribution in [2.24, 2.45) is 17.6 Å². The normalized spacial score (nSPS) is 17.6. The Bertz CT molecular complexity index is 366. The maximum absolute atomic E-state index is 11.7. The van der Waals surface area contributed by atoms with Crippen LogP contribution in [0.3, 0.4) is 0 Å². The number of urea groups is 1. The fourth-order valence-electron chi connectivity index (χ4n) is 1.82. The van der Waals surface area contributed by atoms with Gasteiger partial charge in [-0.3, -0.25) is 4.79 Å². The largest absolute Gasteiger partial charge is 0.480 e. The van der Waals surface area contributed by atoms with Gasteiger partial charge in [-0.15, -0.1) is 0 Å². The molecular weight excluding hydrogens is 250 g/mol. The lowest BCUT2D eigenvalue weighted by atomic mass is 10.0. The average Bonchev–Trinajstić information content (AvgIpc) is 3.07. The highest BCUT2D eigenvalue weighted by molar-refractivity contribution is 5.88. The van der Waals surface area contributed by atoms with E-state index in [1.165, 1.54) is 0 Å². The molecule has 0 radical (unpaired) electrons. The van der Waals surface area contributed by atoms with E-state index in [0.29, 0.717) is 12.3 Å². The van der Waals surface area contributed by atoms with Gasteiger partial charge in [0, 0.05) is 0 Å². The minimum atomic E-state index is -1.07. The fraction of sp³-hybridized carbons (Fsp3) is 0.750. The molecule has 1 unspecified atom stereocenters.